The lowest BCUT2D eigenvalue weighted by Crippen LogP contribution is -2.34. The first-order valence-electron chi connectivity index (χ1n) is 5.67. The molecule has 2 nitrogen and oxygen atoms in total. The molecule has 1 heterocycles. The minimum atomic E-state index is -0.280. The summed E-state index contributed by atoms with van der Waals surface area (Å²) in [6, 6.07) is 3.29. The average molecular weight is 223 g/mol. The molecule has 2 rings (SSSR count). The van der Waals surface area contributed by atoms with Gasteiger partial charge in [0.1, 0.15) is 0 Å². The monoisotopic (exact) mass is 223 g/mol. The first-order valence-corrected chi connectivity index (χ1v) is 5.67. The zero-order valence-corrected chi connectivity index (χ0v) is 10.1. The molecule has 1 fully saturated rings. The smallest absolute Gasteiger partial charge is 0.165 e. The highest BCUT2D eigenvalue weighted by atomic mass is 19.1. The Kier molecular flexibility index (Phi) is 2.89. The van der Waals surface area contributed by atoms with Crippen LogP contribution in [0.4, 0.5) is 4.39 Å². The van der Waals surface area contributed by atoms with Gasteiger partial charge in [-0.15, -0.1) is 0 Å². The molecule has 0 bridgehead atoms. The number of benzene rings is 1. The lowest BCUT2D eigenvalue weighted by molar-refractivity contribution is 0.349. The van der Waals surface area contributed by atoms with Gasteiger partial charge < -0.3 is 10.1 Å². The molecule has 0 spiro atoms. The van der Waals surface area contributed by atoms with E-state index in [-0.39, 0.29) is 11.4 Å². The van der Waals surface area contributed by atoms with E-state index in [4.69, 9.17) is 4.74 Å². The number of hydrogen-bond acceptors (Lipinski definition) is 2. The third-order valence-electron chi connectivity index (χ3n) is 3.44. The second kappa shape index (κ2) is 4.06. The summed E-state index contributed by atoms with van der Waals surface area (Å²) in [5, 5.41) is 3.45. The normalized spacial score (nSPS) is 24.8. The van der Waals surface area contributed by atoms with Crippen molar-refractivity contribution in [3.05, 3.63) is 29.1 Å². The maximum absolute atomic E-state index is 13.7. The van der Waals surface area contributed by atoms with Crippen molar-refractivity contribution in [1.29, 1.82) is 0 Å². The Bertz CT molecular complexity index is 397. The van der Waals surface area contributed by atoms with E-state index < -0.39 is 0 Å². The van der Waals surface area contributed by atoms with E-state index in [0.717, 1.165) is 30.5 Å². The van der Waals surface area contributed by atoms with E-state index in [9.17, 15) is 4.39 Å². The van der Waals surface area contributed by atoms with E-state index in [1.807, 2.05) is 13.0 Å². The Hall–Kier alpha value is -1.09. The van der Waals surface area contributed by atoms with Gasteiger partial charge in [-0.2, -0.15) is 0 Å². The minimum Gasteiger partial charge on any atom is -0.493 e. The van der Waals surface area contributed by atoms with Gasteiger partial charge in [0.15, 0.2) is 11.6 Å². The SMILES string of the molecule is COc1c(F)ccc(C)c1C1(C)CCCN1. The van der Waals surface area contributed by atoms with Crippen LogP contribution in [0.15, 0.2) is 12.1 Å². The fourth-order valence-corrected chi connectivity index (χ4v) is 2.65. The van der Waals surface area contributed by atoms with E-state index in [0.29, 0.717) is 5.75 Å². The molecule has 1 aromatic carbocycles. The summed E-state index contributed by atoms with van der Waals surface area (Å²) in [6.45, 7) is 5.10. The van der Waals surface area contributed by atoms with Crippen molar-refractivity contribution in [2.24, 2.45) is 0 Å². The maximum atomic E-state index is 13.7. The Morgan fingerprint density at radius 1 is 1.44 bits per heavy atom. The highest BCUT2D eigenvalue weighted by molar-refractivity contribution is 5.46. The van der Waals surface area contributed by atoms with Gasteiger partial charge >= 0.3 is 0 Å². The van der Waals surface area contributed by atoms with Gasteiger partial charge in [0.25, 0.3) is 0 Å². The van der Waals surface area contributed by atoms with Crippen molar-refractivity contribution in [3.63, 3.8) is 0 Å². The van der Waals surface area contributed by atoms with Crippen LogP contribution >= 0.6 is 0 Å². The van der Waals surface area contributed by atoms with Gasteiger partial charge in [0.2, 0.25) is 0 Å². The van der Waals surface area contributed by atoms with Crippen molar-refractivity contribution in [3.8, 4) is 5.75 Å². The number of hydrogen-bond donors (Lipinski definition) is 1. The van der Waals surface area contributed by atoms with Gasteiger partial charge in [-0.3, -0.25) is 0 Å². The number of rotatable bonds is 2. The number of halogens is 1. The van der Waals surface area contributed by atoms with E-state index in [2.05, 4.69) is 12.2 Å². The standard InChI is InChI=1S/C13H18FNO/c1-9-5-6-10(14)12(16-3)11(9)13(2)7-4-8-15-13/h5-6,15H,4,7-8H2,1-3H3. The van der Waals surface area contributed by atoms with Crippen molar-refractivity contribution in [2.45, 2.75) is 32.2 Å². The highest BCUT2D eigenvalue weighted by Crippen LogP contribution is 2.39. The number of ether oxygens (including phenoxy) is 1. The molecule has 0 radical (unpaired) electrons. The number of aryl methyl sites for hydroxylation is 1. The van der Waals surface area contributed by atoms with Gasteiger partial charge in [-0.25, -0.2) is 4.39 Å². The van der Waals surface area contributed by atoms with Crippen LogP contribution in [0.1, 0.15) is 30.9 Å². The third kappa shape index (κ3) is 1.69. The molecule has 0 aromatic heterocycles. The van der Waals surface area contributed by atoms with Crippen LogP contribution in [-0.2, 0) is 5.54 Å². The molecule has 0 aliphatic carbocycles. The summed E-state index contributed by atoms with van der Waals surface area (Å²) in [4.78, 5) is 0. The fourth-order valence-electron chi connectivity index (χ4n) is 2.65. The number of methoxy groups -OCH3 is 1. The van der Waals surface area contributed by atoms with Crippen LogP contribution in [0.5, 0.6) is 5.75 Å². The van der Waals surface area contributed by atoms with Gasteiger partial charge in [0, 0.05) is 11.1 Å². The van der Waals surface area contributed by atoms with Crippen molar-refractivity contribution in [2.75, 3.05) is 13.7 Å². The second-order valence-electron chi connectivity index (χ2n) is 4.63. The molecule has 1 aliphatic rings. The Morgan fingerprint density at radius 3 is 2.75 bits per heavy atom. The molecule has 1 saturated heterocycles. The second-order valence-corrected chi connectivity index (χ2v) is 4.63. The van der Waals surface area contributed by atoms with Crippen LogP contribution in [0.2, 0.25) is 0 Å². The molecular weight excluding hydrogens is 205 g/mol. The van der Waals surface area contributed by atoms with Gasteiger partial charge in [-0.05, 0) is 44.9 Å². The zero-order valence-electron chi connectivity index (χ0n) is 10.1. The maximum Gasteiger partial charge on any atom is 0.165 e. The fraction of sp³-hybridized carbons (Fsp3) is 0.538. The highest BCUT2D eigenvalue weighted by Gasteiger charge is 2.35. The molecule has 3 heteroatoms. The molecule has 88 valence electrons. The molecule has 16 heavy (non-hydrogen) atoms. The molecule has 1 N–H and O–H groups in total. The molecule has 0 amide bonds. The third-order valence-corrected chi connectivity index (χ3v) is 3.44. The minimum absolute atomic E-state index is 0.155. The van der Waals surface area contributed by atoms with Crippen molar-refractivity contribution < 1.29 is 9.13 Å². The Morgan fingerprint density at radius 2 is 2.19 bits per heavy atom. The molecule has 0 saturated carbocycles. The lowest BCUT2D eigenvalue weighted by atomic mass is 9.86. The van der Waals surface area contributed by atoms with E-state index in [1.54, 1.807) is 0 Å². The largest absolute Gasteiger partial charge is 0.493 e. The van der Waals surface area contributed by atoms with Crippen LogP contribution in [-0.4, -0.2) is 13.7 Å². The Balaban J connectivity index is 2.57. The summed E-state index contributed by atoms with van der Waals surface area (Å²) in [6.07, 6.45) is 2.14. The van der Waals surface area contributed by atoms with Crippen LogP contribution in [0.25, 0.3) is 0 Å². The van der Waals surface area contributed by atoms with Crippen LogP contribution < -0.4 is 10.1 Å². The summed E-state index contributed by atoms with van der Waals surface area (Å²) in [7, 11) is 1.53. The lowest BCUT2D eigenvalue weighted by Gasteiger charge is -2.29. The van der Waals surface area contributed by atoms with E-state index >= 15 is 0 Å². The van der Waals surface area contributed by atoms with Crippen molar-refractivity contribution >= 4 is 0 Å². The van der Waals surface area contributed by atoms with Crippen molar-refractivity contribution in [1.82, 2.24) is 5.32 Å². The van der Waals surface area contributed by atoms with E-state index in [1.165, 1.54) is 13.2 Å². The van der Waals surface area contributed by atoms with Gasteiger partial charge in [-0.1, -0.05) is 6.07 Å². The Labute approximate surface area is 95.8 Å². The quantitative estimate of drug-likeness (QED) is 0.832. The summed E-state index contributed by atoms with van der Waals surface area (Å²) >= 11 is 0. The first-order chi connectivity index (χ1) is 7.58. The molecule has 1 unspecified atom stereocenters. The molecule has 1 atom stereocenters. The summed E-state index contributed by atoms with van der Waals surface area (Å²) in [5.74, 6) is 0.106. The summed E-state index contributed by atoms with van der Waals surface area (Å²) in [5.41, 5.74) is 1.89. The van der Waals surface area contributed by atoms with Crippen LogP contribution in [0, 0.1) is 12.7 Å². The topological polar surface area (TPSA) is 21.3 Å². The first kappa shape index (κ1) is 11.4. The number of nitrogens with one attached hydrogen (secondary N) is 1. The molecular formula is C13H18FNO. The average Bonchev–Trinajstić information content (AvgIpc) is 2.69. The summed E-state index contributed by atoms with van der Waals surface area (Å²) < 4.78 is 18.9. The zero-order chi connectivity index (χ0) is 11.8. The predicted molar refractivity (Wildman–Crippen MR) is 62.3 cm³/mol. The predicted octanol–water partition coefficient (Wildman–Crippen LogP) is 2.74. The van der Waals surface area contributed by atoms with Gasteiger partial charge in [0.05, 0.1) is 7.11 Å². The molecule has 1 aliphatic heterocycles. The van der Waals surface area contributed by atoms with Crippen LogP contribution in [0.3, 0.4) is 0 Å². The molecule has 1 aromatic rings.